The fraction of sp³-hybridized carbons (Fsp3) is 0.333. The minimum atomic E-state index is -0.382. The molecule has 112 valence electrons. The van der Waals surface area contributed by atoms with E-state index in [1.165, 1.54) is 11.0 Å². The SMILES string of the molecule is C=CC(=O)NCCC(=O)N1CCOc2cccc(F)c2C1. The lowest BCUT2D eigenvalue weighted by Gasteiger charge is -2.20. The molecule has 5 nitrogen and oxygen atoms in total. The van der Waals surface area contributed by atoms with Crippen molar-refractivity contribution in [2.45, 2.75) is 13.0 Å². The van der Waals surface area contributed by atoms with Gasteiger partial charge in [0, 0.05) is 18.5 Å². The number of halogens is 1. The van der Waals surface area contributed by atoms with Gasteiger partial charge in [0.25, 0.3) is 0 Å². The van der Waals surface area contributed by atoms with Gasteiger partial charge in [0.15, 0.2) is 0 Å². The molecular formula is C15H17FN2O3. The second-order valence-electron chi connectivity index (χ2n) is 4.63. The third kappa shape index (κ3) is 3.81. The van der Waals surface area contributed by atoms with Gasteiger partial charge in [0.2, 0.25) is 11.8 Å². The third-order valence-electron chi connectivity index (χ3n) is 3.22. The van der Waals surface area contributed by atoms with Crippen molar-refractivity contribution in [3.8, 4) is 5.75 Å². The first-order valence-electron chi connectivity index (χ1n) is 6.70. The fourth-order valence-corrected chi connectivity index (χ4v) is 2.10. The molecular weight excluding hydrogens is 275 g/mol. The highest BCUT2D eigenvalue weighted by molar-refractivity contribution is 5.87. The summed E-state index contributed by atoms with van der Waals surface area (Å²) >= 11 is 0. The normalized spacial score (nSPS) is 13.7. The second-order valence-corrected chi connectivity index (χ2v) is 4.63. The maximum absolute atomic E-state index is 13.8. The van der Waals surface area contributed by atoms with Crippen molar-refractivity contribution >= 4 is 11.8 Å². The average molecular weight is 292 g/mol. The number of nitrogens with zero attached hydrogens (tertiary/aromatic N) is 1. The molecule has 1 N–H and O–H groups in total. The van der Waals surface area contributed by atoms with E-state index in [2.05, 4.69) is 11.9 Å². The minimum Gasteiger partial charge on any atom is -0.491 e. The monoisotopic (exact) mass is 292 g/mol. The van der Waals surface area contributed by atoms with E-state index in [0.29, 0.717) is 24.5 Å². The number of carbonyl (C=O) groups is 2. The van der Waals surface area contributed by atoms with Crippen molar-refractivity contribution in [2.24, 2.45) is 0 Å². The molecule has 1 aromatic carbocycles. The highest BCUT2D eigenvalue weighted by atomic mass is 19.1. The van der Waals surface area contributed by atoms with E-state index < -0.39 is 0 Å². The molecule has 1 aliphatic rings. The Hall–Kier alpha value is -2.37. The van der Waals surface area contributed by atoms with Gasteiger partial charge in [-0.3, -0.25) is 9.59 Å². The van der Waals surface area contributed by atoms with Crippen LogP contribution in [0.25, 0.3) is 0 Å². The maximum atomic E-state index is 13.8. The summed E-state index contributed by atoms with van der Waals surface area (Å²) in [6, 6.07) is 4.62. The lowest BCUT2D eigenvalue weighted by molar-refractivity contribution is -0.131. The predicted molar refractivity (Wildman–Crippen MR) is 75.1 cm³/mol. The first-order valence-corrected chi connectivity index (χ1v) is 6.70. The number of benzene rings is 1. The molecule has 0 fully saturated rings. The van der Waals surface area contributed by atoms with Crippen molar-refractivity contribution in [1.82, 2.24) is 10.2 Å². The van der Waals surface area contributed by atoms with Gasteiger partial charge in [-0.2, -0.15) is 0 Å². The smallest absolute Gasteiger partial charge is 0.243 e. The van der Waals surface area contributed by atoms with Crippen LogP contribution in [0.15, 0.2) is 30.9 Å². The molecule has 1 aromatic rings. The first-order chi connectivity index (χ1) is 10.1. The number of carbonyl (C=O) groups excluding carboxylic acids is 2. The Bertz CT molecular complexity index is 560. The number of nitrogens with one attached hydrogen (secondary N) is 1. The van der Waals surface area contributed by atoms with Crippen LogP contribution in [-0.2, 0) is 16.1 Å². The van der Waals surface area contributed by atoms with Crippen LogP contribution in [0.3, 0.4) is 0 Å². The molecule has 1 aliphatic heterocycles. The molecule has 6 heteroatoms. The molecule has 0 aliphatic carbocycles. The van der Waals surface area contributed by atoms with E-state index in [4.69, 9.17) is 4.74 Å². The zero-order valence-corrected chi connectivity index (χ0v) is 11.6. The van der Waals surface area contributed by atoms with Gasteiger partial charge >= 0.3 is 0 Å². The first kappa shape index (κ1) is 15.0. The van der Waals surface area contributed by atoms with Crippen molar-refractivity contribution in [3.05, 3.63) is 42.2 Å². The van der Waals surface area contributed by atoms with Crippen molar-refractivity contribution < 1.29 is 18.7 Å². The summed E-state index contributed by atoms with van der Waals surface area (Å²) in [5, 5.41) is 2.54. The summed E-state index contributed by atoms with van der Waals surface area (Å²) in [6.45, 7) is 4.45. The van der Waals surface area contributed by atoms with Gasteiger partial charge in [0.05, 0.1) is 13.1 Å². The number of hydrogen-bond acceptors (Lipinski definition) is 3. The molecule has 0 spiro atoms. The summed E-state index contributed by atoms with van der Waals surface area (Å²) in [4.78, 5) is 24.7. The Balaban J connectivity index is 1.98. The molecule has 0 radical (unpaired) electrons. The number of rotatable bonds is 4. The Kier molecular flexibility index (Phi) is 4.92. The standard InChI is InChI=1S/C15H17FN2O3/c1-2-14(19)17-7-6-15(20)18-8-9-21-13-5-3-4-12(16)11(13)10-18/h2-5H,1,6-10H2,(H,17,19). The molecule has 0 saturated heterocycles. The van der Waals surface area contributed by atoms with Crippen LogP contribution in [-0.4, -0.2) is 36.4 Å². The van der Waals surface area contributed by atoms with Gasteiger partial charge in [-0.1, -0.05) is 12.6 Å². The van der Waals surface area contributed by atoms with E-state index in [-0.39, 0.29) is 37.1 Å². The Morgan fingerprint density at radius 2 is 2.29 bits per heavy atom. The molecule has 0 unspecified atom stereocenters. The van der Waals surface area contributed by atoms with Crippen LogP contribution < -0.4 is 10.1 Å². The van der Waals surface area contributed by atoms with E-state index in [0.717, 1.165) is 6.08 Å². The summed E-state index contributed by atoms with van der Waals surface area (Å²) in [5.41, 5.74) is 0.387. The van der Waals surface area contributed by atoms with Gasteiger partial charge in [-0.25, -0.2) is 4.39 Å². The topological polar surface area (TPSA) is 58.6 Å². The number of fused-ring (bicyclic) bond motifs is 1. The number of ether oxygens (including phenoxy) is 1. The van der Waals surface area contributed by atoms with Crippen LogP contribution >= 0.6 is 0 Å². The summed E-state index contributed by atoms with van der Waals surface area (Å²) in [6.07, 6.45) is 1.30. The molecule has 1 heterocycles. The fourth-order valence-electron chi connectivity index (χ4n) is 2.10. The maximum Gasteiger partial charge on any atom is 0.243 e. The predicted octanol–water partition coefficient (Wildman–Crippen LogP) is 1.24. The van der Waals surface area contributed by atoms with Crippen LogP contribution in [0.2, 0.25) is 0 Å². The number of amides is 2. The van der Waals surface area contributed by atoms with Crippen molar-refractivity contribution in [2.75, 3.05) is 19.7 Å². The van der Waals surface area contributed by atoms with Crippen molar-refractivity contribution in [1.29, 1.82) is 0 Å². The highest BCUT2D eigenvalue weighted by Gasteiger charge is 2.21. The molecule has 0 atom stereocenters. The lowest BCUT2D eigenvalue weighted by atomic mass is 10.1. The van der Waals surface area contributed by atoms with Crippen LogP contribution in [0.4, 0.5) is 4.39 Å². The Morgan fingerprint density at radius 1 is 1.48 bits per heavy atom. The zero-order valence-electron chi connectivity index (χ0n) is 11.6. The van der Waals surface area contributed by atoms with E-state index in [1.54, 1.807) is 12.1 Å². The van der Waals surface area contributed by atoms with Gasteiger partial charge in [-0.15, -0.1) is 0 Å². The molecule has 0 aromatic heterocycles. The van der Waals surface area contributed by atoms with Crippen LogP contribution in [0.5, 0.6) is 5.75 Å². The second kappa shape index (κ2) is 6.88. The molecule has 0 saturated carbocycles. The van der Waals surface area contributed by atoms with Crippen LogP contribution in [0, 0.1) is 5.82 Å². The van der Waals surface area contributed by atoms with E-state index in [1.807, 2.05) is 0 Å². The summed E-state index contributed by atoms with van der Waals surface area (Å²) in [5.74, 6) is -0.380. The van der Waals surface area contributed by atoms with Crippen LogP contribution in [0.1, 0.15) is 12.0 Å². The van der Waals surface area contributed by atoms with E-state index in [9.17, 15) is 14.0 Å². The van der Waals surface area contributed by atoms with E-state index >= 15 is 0 Å². The third-order valence-corrected chi connectivity index (χ3v) is 3.22. The lowest BCUT2D eigenvalue weighted by Crippen LogP contribution is -2.35. The average Bonchev–Trinajstić information content (AvgIpc) is 2.70. The zero-order chi connectivity index (χ0) is 15.2. The highest BCUT2D eigenvalue weighted by Crippen LogP contribution is 2.25. The van der Waals surface area contributed by atoms with Gasteiger partial charge < -0.3 is 15.0 Å². The van der Waals surface area contributed by atoms with Gasteiger partial charge in [-0.05, 0) is 18.2 Å². The van der Waals surface area contributed by atoms with Gasteiger partial charge in [0.1, 0.15) is 18.2 Å². The van der Waals surface area contributed by atoms with Crippen molar-refractivity contribution in [3.63, 3.8) is 0 Å². The Labute approximate surface area is 122 Å². The quantitative estimate of drug-likeness (QED) is 0.849. The molecule has 0 bridgehead atoms. The molecule has 2 amide bonds. The largest absolute Gasteiger partial charge is 0.491 e. The molecule has 21 heavy (non-hydrogen) atoms. The molecule has 2 rings (SSSR count). The number of hydrogen-bond donors (Lipinski definition) is 1. The summed E-state index contributed by atoms with van der Waals surface area (Å²) in [7, 11) is 0. The summed E-state index contributed by atoms with van der Waals surface area (Å²) < 4.78 is 19.3. The Morgan fingerprint density at radius 3 is 3.05 bits per heavy atom. The minimum absolute atomic E-state index is 0.154.